The van der Waals surface area contributed by atoms with Crippen LogP contribution in [0.2, 0.25) is 0 Å². The van der Waals surface area contributed by atoms with Gasteiger partial charge in [-0.3, -0.25) is 9.88 Å². The molecule has 1 saturated heterocycles. The summed E-state index contributed by atoms with van der Waals surface area (Å²) in [5.74, 6) is 1.25. The highest BCUT2D eigenvalue weighted by Crippen LogP contribution is 2.48. The summed E-state index contributed by atoms with van der Waals surface area (Å²) in [6.45, 7) is 9.02. The van der Waals surface area contributed by atoms with E-state index in [2.05, 4.69) is 119 Å². The van der Waals surface area contributed by atoms with Gasteiger partial charge in [-0.15, -0.1) is 0 Å². The molecule has 1 fully saturated rings. The maximum absolute atomic E-state index is 9.32. The second-order valence-electron chi connectivity index (χ2n) is 14.4. The maximum Gasteiger partial charge on any atom is 0.259 e. The monoisotopic (exact) mass is 777 g/mol. The van der Waals surface area contributed by atoms with E-state index in [-0.39, 0.29) is 37.8 Å². The van der Waals surface area contributed by atoms with E-state index < -0.39 is 26.4 Å². The average molecular weight is 778 g/mol. The number of nitrogens with zero attached hydrogens (tertiary/aromatic N) is 8. The van der Waals surface area contributed by atoms with Crippen molar-refractivity contribution in [3.63, 3.8) is 0 Å². The fourth-order valence-electron chi connectivity index (χ4n) is 7.22. The van der Waals surface area contributed by atoms with E-state index >= 15 is 0 Å². The highest BCUT2D eigenvalue weighted by molar-refractivity contribution is 7.44. The molecule has 1 N–H and O–H groups in total. The lowest BCUT2D eigenvalue weighted by Crippen LogP contribution is -2.53. The summed E-state index contributed by atoms with van der Waals surface area (Å²) in [5, 5.41) is 13.5. The van der Waals surface area contributed by atoms with Crippen LogP contribution in [-0.2, 0) is 19.3 Å². The number of imidazole rings is 1. The second-order valence-corrected chi connectivity index (χ2v) is 15.9. The van der Waals surface area contributed by atoms with Gasteiger partial charge in [-0.2, -0.15) is 5.26 Å². The van der Waals surface area contributed by atoms with E-state index in [1.165, 1.54) is 6.33 Å². The molecule has 4 atom stereocenters. The van der Waals surface area contributed by atoms with Crippen molar-refractivity contribution in [1.29, 1.82) is 5.26 Å². The molecule has 294 valence electrons. The molecule has 2 aromatic heterocycles. The number of hydrogen-bond donors (Lipinski definition) is 1. The molecule has 1 aliphatic heterocycles. The van der Waals surface area contributed by atoms with Crippen LogP contribution in [0.1, 0.15) is 63.5 Å². The number of nitriles is 1. The Hall–Kier alpha value is -4.80. The molecule has 0 saturated carbocycles. The van der Waals surface area contributed by atoms with Crippen LogP contribution < -0.4 is 10.1 Å². The van der Waals surface area contributed by atoms with E-state index in [1.807, 2.05) is 47.8 Å². The number of fused-ring (bicyclic) bond motifs is 1. The summed E-state index contributed by atoms with van der Waals surface area (Å²) >= 11 is 0. The van der Waals surface area contributed by atoms with Gasteiger partial charge in [0.1, 0.15) is 18.3 Å². The first-order valence-corrected chi connectivity index (χ1v) is 20.1. The quantitative estimate of drug-likeness (QED) is 0.0310. The molecule has 3 aromatic carbocycles. The zero-order valence-electron chi connectivity index (χ0n) is 33.2. The Morgan fingerprint density at radius 1 is 0.946 bits per heavy atom. The lowest BCUT2D eigenvalue weighted by molar-refractivity contribution is -0.0242. The third-order valence-electron chi connectivity index (χ3n) is 9.65. The first kappa shape index (κ1) is 40.9. The van der Waals surface area contributed by atoms with Gasteiger partial charge in [0.15, 0.2) is 17.0 Å². The molecule has 1 unspecified atom stereocenters. The number of rotatable bonds is 18. The Bertz CT molecular complexity index is 2010. The van der Waals surface area contributed by atoms with E-state index in [0.717, 1.165) is 22.4 Å². The Labute approximate surface area is 331 Å². The Morgan fingerprint density at radius 3 is 2.18 bits per heavy atom. The van der Waals surface area contributed by atoms with Crippen molar-refractivity contribution in [3.8, 4) is 11.8 Å². The fourth-order valence-corrected chi connectivity index (χ4v) is 8.84. The summed E-state index contributed by atoms with van der Waals surface area (Å²) in [6.07, 6.45) is 4.88. The molecular formula is C42H52N9O4P. The van der Waals surface area contributed by atoms with Crippen molar-refractivity contribution in [1.82, 2.24) is 34.4 Å². The van der Waals surface area contributed by atoms with Crippen molar-refractivity contribution in [2.45, 2.75) is 76.5 Å². The average Bonchev–Trinajstić information content (AvgIpc) is 3.82. The van der Waals surface area contributed by atoms with Gasteiger partial charge in [0, 0.05) is 38.6 Å². The van der Waals surface area contributed by atoms with Crippen molar-refractivity contribution in [2.24, 2.45) is 4.99 Å². The van der Waals surface area contributed by atoms with E-state index in [1.54, 1.807) is 19.8 Å². The number of ether oxygens (including phenoxy) is 2. The summed E-state index contributed by atoms with van der Waals surface area (Å²) in [6, 6.07) is 31.4. The molecule has 3 heterocycles. The van der Waals surface area contributed by atoms with Gasteiger partial charge in [0.25, 0.3) is 8.53 Å². The smallest absolute Gasteiger partial charge is 0.259 e. The topological polar surface area (TPSA) is 135 Å². The number of aliphatic imine (C=N–C) groups is 1. The van der Waals surface area contributed by atoms with E-state index in [4.69, 9.17) is 23.5 Å². The summed E-state index contributed by atoms with van der Waals surface area (Å²) in [5.41, 5.74) is 3.57. The molecule has 0 aliphatic carbocycles. The van der Waals surface area contributed by atoms with Crippen LogP contribution in [0, 0.1) is 11.3 Å². The number of nitrogens with one attached hydrogen (secondary N) is 1. The number of hydrogen-bond acceptors (Lipinski definition) is 11. The molecule has 6 rings (SSSR count). The number of benzene rings is 3. The van der Waals surface area contributed by atoms with Crippen molar-refractivity contribution in [2.75, 3.05) is 34.4 Å². The van der Waals surface area contributed by atoms with Gasteiger partial charge in [-0.25, -0.2) is 24.6 Å². The minimum absolute atomic E-state index is 0.148. The molecule has 0 bridgehead atoms. The molecule has 56 heavy (non-hydrogen) atoms. The molecule has 0 spiro atoms. The SMILES string of the molecule is COc1ccc(C(N[C@H]2C[C@H](n3cnc4c(/N=C\N(C)C)ncnc43)O[C@@H]2COP(OCCC#N)N(C(C)C)C(C)C)(c2ccccc2)c2ccccc2)cc1. The predicted octanol–water partition coefficient (Wildman–Crippen LogP) is 7.59. The van der Waals surface area contributed by atoms with Crippen molar-refractivity contribution >= 4 is 31.8 Å². The normalized spacial score (nSPS) is 18.0. The second kappa shape index (κ2) is 18.9. The van der Waals surface area contributed by atoms with Crippen LogP contribution in [0.25, 0.3) is 11.2 Å². The van der Waals surface area contributed by atoms with Crippen LogP contribution in [0.15, 0.2) is 103 Å². The number of methoxy groups -OCH3 is 1. The largest absolute Gasteiger partial charge is 0.497 e. The van der Waals surface area contributed by atoms with Gasteiger partial charge >= 0.3 is 0 Å². The number of aromatic nitrogens is 4. The zero-order valence-corrected chi connectivity index (χ0v) is 34.1. The predicted molar refractivity (Wildman–Crippen MR) is 220 cm³/mol. The molecule has 0 radical (unpaired) electrons. The van der Waals surface area contributed by atoms with Crippen LogP contribution >= 0.6 is 8.53 Å². The summed E-state index contributed by atoms with van der Waals surface area (Å²) in [4.78, 5) is 20.2. The first-order valence-electron chi connectivity index (χ1n) is 18.9. The third-order valence-corrected chi connectivity index (χ3v) is 11.7. The third kappa shape index (κ3) is 9.08. The lowest BCUT2D eigenvalue weighted by Gasteiger charge is -2.41. The molecule has 1 aliphatic rings. The van der Waals surface area contributed by atoms with Crippen LogP contribution in [0.3, 0.4) is 0 Å². The fraction of sp³-hybridized carbons (Fsp3) is 0.405. The minimum Gasteiger partial charge on any atom is -0.497 e. The van der Waals surface area contributed by atoms with Crippen molar-refractivity contribution in [3.05, 3.63) is 114 Å². The Balaban J connectivity index is 1.45. The molecule has 0 amide bonds. The molecule has 5 aromatic rings. The highest BCUT2D eigenvalue weighted by atomic mass is 31.2. The maximum atomic E-state index is 9.32. The standard InChI is InChI=1S/C42H52N9O4P/c1-30(2)51(31(3)4)56(53-24-14-23-43)54-26-37-36(25-38(55-37)50-29-46-39-40(47-28-49(5)6)44-27-45-41(39)50)48-42(32-15-10-8-11-16-32,33-17-12-9-13-18-33)34-19-21-35(52-7)22-20-34/h8-13,15-22,27-31,36-38,48H,14,24-26H2,1-7H3/b47-28-/t36-,37+,38+,56?/m0/s1. The van der Waals surface area contributed by atoms with E-state index in [9.17, 15) is 5.26 Å². The molecule has 13 nitrogen and oxygen atoms in total. The summed E-state index contributed by atoms with van der Waals surface area (Å²) in [7, 11) is 3.96. The molecule has 14 heteroatoms. The van der Waals surface area contributed by atoms with Crippen LogP contribution in [0.4, 0.5) is 5.82 Å². The van der Waals surface area contributed by atoms with Crippen LogP contribution in [-0.4, -0.2) is 94.1 Å². The first-order chi connectivity index (χ1) is 27.2. The lowest BCUT2D eigenvalue weighted by atomic mass is 9.76. The minimum atomic E-state index is -1.52. The van der Waals surface area contributed by atoms with E-state index in [0.29, 0.717) is 23.4 Å². The Morgan fingerprint density at radius 2 is 1.59 bits per heavy atom. The Kier molecular flexibility index (Phi) is 13.8. The summed E-state index contributed by atoms with van der Waals surface area (Å²) < 4.78 is 29.9. The molecular weight excluding hydrogens is 725 g/mol. The van der Waals surface area contributed by atoms with Crippen molar-refractivity contribution < 1.29 is 18.5 Å². The van der Waals surface area contributed by atoms with Gasteiger partial charge in [-0.1, -0.05) is 72.8 Å². The zero-order chi connectivity index (χ0) is 39.7. The van der Waals surface area contributed by atoms with Gasteiger partial charge in [0.05, 0.1) is 57.1 Å². The highest BCUT2D eigenvalue weighted by Gasteiger charge is 2.45. The van der Waals surface area contributed by atoms with Crippen LogP contribution in [0.5, 0.6) is 5.75 Å². The van der Waals surface area contributed by atoms with Gasteiger partial charge < -0.3 is 23.4 Å². The van der Waals surface area contributed by atoms with Gasteiger partial charge in [0.2, 0.25) is 0 Å². The van der Waals surface area contributed by atoms with Gasteiger partial charge in [-0.05, 0) is 56.5 Å².